The van der Waals surface area contributed by atoms with Gasteiger partial charge in [-0.3, -0.25) is 0 Å². The summed E-state index contributed by atoms with van der Waals surface area (Å²) in [7, 11) is 0. The second-order valence-electron chi connectivity index (χ2n) is 6.57. The number of halogens is 2. The van der Waals surface area contributed by atoms with Gasteiger partial charge in [0.05, 0.1) is 6.61 Å². The summed E-state index contributed by atoms with van der Waals surface area (Å²) in [5, 5.41) is 29.5. The van der Waals surface area contributed by atoms with Gasteiger partial charge in [0.25, 0.3) is 0 Å². The Morgan fingerprint density at radius 2 is 1.81 bits per heavy atom. The summed E-state index contributed by atoms with van der Waals surface area (Å²) in [6, 6.07) is 13.0. The van der Waals surface area contributed by atoms with Crippen LogP contribution in [0.3, 0.4) is 0 Å². The largest absolute Gasteiger partial charge is 0.394 e. The Kier molecular flexibility index (Phi) is 6.30. The van der Waals surface area contributed by atoms with Crippen LogP contribution >= 0.6 is 15.9 Å². The van der Waals surface area contributed by atoms with E-state index in [1.165, 1.54) is 0 Å². The molecule has 0 unspecified atom stereocenters. The molecule has 1 aliphatic rings. The SMILES string of the molecule is C#Cc1ccc(Cc2cc([C@@H]3O[C@H](CO)[C@@H](F)[C@H](O)[C@H]3O)ccc2Br)cc1. The fourth-order valence-electron chi connectivity index (χ4n) is 3.20. The van der Waals surface area contributed by atoms with Crippen molar-refractivity contribution in [3.05, 3.63) is 69.2 Å². The third-order valence-electron chi connectivity index (χ3n) is 4.76. The summed E-state index contributed by atoms with van der Waals surface area (Å²) in [6.45, 7) is -0.577. The van der Waals surface area contributed by atoms with E-state index in [1.54, 1.807) is 6.07 Å². The highest BCUT2D eigenvalue weighted by atomic mass is 79.9. The van der Waals surface area contributed by atoms with Crippen LogP contribution in [0.4, 0.5) is 4.39 Å². The molecule has 0 aliphatic carbocycles. The quantitative estimate of drug-likeness (QED) is 0.646. The third-order valence-corrected chi connectivity index (χ3v) is 5.53. The molecule has 0 spiro atoms. The lowest BCUT2D eigenvalue weighted by atomic mass is 9.90. The molecule has 1 fully saturated rings. The summed E-state index contributed by atoms with van der Waals surface area (Å²) >= 11 is 3.52. The molecule has 0 bridgehead atoms. The van der Waals surface area contributed by atoms with Crippen LogP contribution < -0.4 is 0 Å². The van der Waals surface area contributed by atoms with E-state index in [2.05, 4.69) is 21.9 Å². The molecule has 5 atom stereocenters. The van der Waals surface area contributed by atoms with Gasteiger partial charge >= 0.3 is 0 Å². The van der Waals surface area contributed by atoms with E-state index in [4.69, 9.17) is 11.2 Å². The Morgan fingerprint density at radius 3 is 2.44 bits per heavy atom. The van der Waals surface area contributed by atoms with Crippen molar-refractivity contribution in [1.82, 2.24) is 0 Å². The first-order chi connectivity index (χ1) is 12.9. The van der Waals surface area contributed by atoms with Crippen molar-refractivity contribution >= 4 is 15.9 Å². The first kappa shape index (κ1) is 20.0. The molecule has 0 saturated carbocycles. The lowest BCUT2D eigenvalue weighted by Crippen LogP contribution is -2.53. The van der Waals surface area contributed by atoms with Gasteiger partial charge in [-0.05, 0) is 41.3 Å². The molecule has 3 N–H and O–H groups in total. The second kappa shape index (κ2) is 8.51. The predicted molar refractivity (Wildman–Crippen MR) is 103 cm³/mol. The van der Waals surface area contributed by atoms with Crippen molar-refractivity contribution in [3.63, 3.8) is 0 Å². The minimum atomic E-state index is -1.84. The van der Waals surface area contributed by atoms with Gasteiger partial charge in [-0.2, -0.15) is 0 Å². The van der Waals surface area contributed by atoms with Gasteiger partial charge < -0.3 is 20.1 Å². The van der Waals surface area contributed by atoms with Gasteiger partial charge in [0, 0.05) is 10.0 Å². The fraction of sp³-hybridized carbons (Fsp3) is 0.333. The van der Waals surface area contributed by atoms with Crippen LogP contribution in [0.15, 0.2) is 46.9 Å². The molecule has 1 aliphatic heterocycles. The van der Waals surface area contributed by atoms with Crippen molar-refractivity contribution in [3.8, 4) is 12.3 Å². The van der Waals surface area contributed by atoms with Crippen LogP contribution in [-0.2, 0) is 11.2 Å². The van der Waals surface area contributed by atoms with Crippen molar-refractivity contribution < 1.29 is 24.4 Å². The maximum Gasteiger partial charge on any atom is 0.157 e. The van der Waals surface area contributed by atoms with Gasteiger partial charge in [0.15, 0.2) is 6.17 Å². The number of ether oxygens (including phenoxy) is 1. The van der Waals surface area contributed by atoms with Gasteiger partial charge in [-0.15, -0.1) is 6.42 Å². The Hall–Kier alpha value is -1.75. The number of terminal acetylenes is 1. The summed E-state index contributed by atoms with van der Waals surface area (Å²) in [5.74, 6) is 2.58. The van der Waals surface area contributed by atoms with Crippen molar-refractivity contribution in [1.29, 1.82) is 0 Å². The summed E-state index contributed by atoms with van der Waals surface area (Å²) in [4.78, 5) is 0. The number of hydrogen-bond donors (Lipinski definition) is 3. The number of aliphatic hydroxyl groups excluding tert-OH is 3. The molecular formula is C21H20BrFO4. The Labute approximate surface area is 165 Å². The minimum Gasteiger partial charge on any atom is -0.394 e. The van der Waals surface area contributed by atoms with Gasteiger partial charge in [0.2, 0.25) is 0 Å². The van der Waals surface area contributed by atoms with Crippen molar-refractivity contribution in [2.24, 2.45) is 0 Å². The maximum atomic E-state index is 14.0. The van der Waals surface area contributed by atoms with E-state index in [1.807, 2.05) is 36.4 Å². The van der Waals surface area contributed by atoms with Gasteiger partial charge in [0.1, 0.15) is 24.4 Å². The predicted octanol–water partition coefficient (Wildman–Crippen LogP) is 2.51. The van der Waals surface area contributed by atoms with E-state index in [0.29, 0.717) is 12.0 Å². The molecule has 6 heteroatoms. The monoisotopic (exact) mass is 434 g/mol. The normalized spacial score (nSPS) is 27.9. The van der Waals surface area contributed by atoms with Crippen LogP contribution in [0.2, 0.25) is 0 Å². The highest BCUT2D eigenvalue weighted by Crippen LogP contribution is 2.35. The first-order valence-electron chi connectivity index (χ1n) is 8.55. The van der Waals surface area contributed by atoms with Crippen LogP contribution in [0, 0.1) is 12.3 Å². The van der Waals surface area contributed by atoms with E-state index >= 15 is 0 Å². The van der Waals surface area contributed by atoms with E-state index in [0.717, 1.165) is 21.2 Å². The number of hydrogen-bond acceptors (Lipinski definition) is 4. The van der Waals surface area contributed by atoms with E-state index in [-0.39, 0.29) is 0 Å². The number of rotatable bonds is 4. The number of benzene rings is 2. The van der Waals surface area contributed by atoms with E-state index < -0.39 is 37.2 Å². The van der Waals surface area contributed by atoms with Gasteiger partial charge in [-0.25, -0.2) is 4.39 Å². The molecule has 0 radical (unpaired) electrons. The molecule has 2 aromatic rings. The zero-order chi connectivity index (χ0) is 19.6. The molecular weight excluding hydrogens is 415 g/mol. The molecule has 2 aromatic carbocycles. The summed E-state index contributed by atoms with van der Waals surface area (Å²) in [5.41, 5.74) is 3.39. The van der Waals surface area contributed by atoms with Crippen molar-refractivity contribution in [2.45, 2.75) is 37.0 Å². The molecule has 0 aromatic heterocycles. The average molecular weight is 435 g/mol. The highest BCUT2D eigenvalue weighted by Gasteiger charge is 2.45. The lowest BCUT2D eigenvalue weighted by Gasteiger charge is -2.39. The van der Waals surface area contributed by atoms with Gasteiger partial charge in [-0.1, -0.05) is 46.1 Å². The zero-order valence-electron chi connectivity index (χ0n) is 14.4. The number of alkyl halides is 1. The van der Waals surface area contributed by atoms with E-state index in [9.17, 15) is 19.7 Å². The lowest BCUT2D eigenvalue weighted by molar-refractivity contribution is -0.214. The smallest absolute Gasteiger partial charge is 0.157 e. The molecule has 142 valence electrons. The van der Waals surface area contributed by atoms with Crippen LogP contribution in [0.25, 0.3) is 0 Å². The molecule has 3 rings (SSSR count). The molecule has 27 heavy (non-hydrogen) atoms. The fourth-order valence-corrected chi connectivity index (χ4v) is 3.58. The zero-order valence-corrected chi connectivity index (χ0v) is 16.0. The molecule has 4 nitrogen and oxygen atoms in total. The average Bonchev–Trinajstić information content (AvgIpc) is 2.69. The molecule has 1 saturated heterocycles. The first-order valence-corrected chi connectivity index (χ1v) is 9.34. The van der Waals surface area contributed by atoms with Crippen LogP contribution in [-0.4, -0.2) is 46.4 Å². The van der Waals surface area contributed by atoms with Crippen LogP contribution in [0.1, 0.15) is 28.4 Å². The van der Waals surface area contributed by atoms with Crippen molar-refractivity contribution in [2.75, 3.05) is 6.61 Å². The summed E-state index contributed by atoms with van der Waals surface area (Å²) < 4.78 is 20.4. The standard InChI is InChI=1S/C21H20BrFO4/c1-2-12-3-5-13(6-4-12)9-15-10-14(7-8-16(15)22)21-20(26)19(25)18(23)17(11-24)27-21/h1,3-8,10,17-21,24-26H,9,11H2/t17-,18-,19+,20-,21+/m1/s1. The molecule has 0 amide bonds. The number of aliphatic hydroxyl groups is 3. The Bertz CT molecular complexity index is 831. The maximum absolute atomic E-state index is 14.0. The highest BCUT2D eigenvalue weighted by molar-refractivity contribution is 9.10. The topological polar surface area (TPSA) is 69.9 Å². The minimum absolute atomic E-state index is 0.577. The summed E-state index contributed by atoms with van der Waals surface area (Å²) in [6.07, 6.45) is -1.01. The molecule has 1 heterocycles. The Balaban J connectivity index is 1.86. The van der Waals surface area contributed by atoms with Crippen LogP contribution in [0.5, 0.6) is 0 Å². The third kappa shape index (κ3) is 4.23. The Morgan fingerprint density at radius 1 is 1.11 bits per heavy atom. The second-order valence-corrected chi connectivity index (χ2v) is 7.43.